The molecule has 0 aromatic heterocycles. The van der Waals surface area contributed by atoms with Gasteiger partial charge in [-0.15, -0.1) is 79.4 Å². The zero-order valence-electron chi connectivity index (χ0n) is 41.7. The van der Waals surface area contributed by atoms with Crippen LogP contribution in [0.4, 0.5) is 0 Å². The summed E-state index contributed by atoms with van der Waals surface area (Å²) in [7, 11) is 0. The van der Waals surface area contributed by atoms with Crippen LogP contribution >= 0.6 is 0 Å². The van der Waals surface area contributed by atoms with Gasteiger partial charge < -0.3 is 71.9 Å². The van der Waals surface area contributed by atoms with E-state index in [0.717, 1.165) is 0 Å². The van der Waals surface area contributed by atoms with E-state index in [1.54, 1.807) is 180 Å². The SMILES string of the molecule is CC(C)[O-].CC(C)[O-].CC(C)[O-].CC(C)[O-].CC(C)[O-].CC(C)[O-].CC(C)[O-].CC(C)[O-].CC(C)[O-].CC(C)[O-].CC(C)[O-].CC(C)[O-].CC(C)[O-].[Nd+3].[Nd+3].[Nd+3].[Nd+3].[Nd+3].[O-2]. The van der Waals surface area contributed by atoms with E-state index in [2.05, 4.69) is 0 Å². The maximum Gasteiger partial charge on any atom is 3.00 e. The van der Waals surface area contributed by atoms with Crippen molar-refractivity contribution in [2.45, 2.75) is 259 Å². The summed E-state index contributed by atoms with van der Waals surface area (Å²) in [5.41, 5.74) is 0. The average Bonchev–Trinajstić information content (AvgIpc) is 2.67. The van der Waals surface area contributed by atoms with Crippen LogP contribution in [0.3, 0.4) is 0 Å². The molecule has 0 bridgehead atoms. The molecule has 0 unspecified atom stereocenters. The molecule has 0 amide bonds. The van der Waals surface area contributed by atoms with Gasteiger partial charge in [0.15, 0.2) is 0 Å². The van der Waals surface area contributed by atoms with Gasteiger partial charge >= 0.3 is 204 Å². The Labute approximate surface area is 526 Å². The number of rotatable bonds is 0. The first kappa shape index (κ1) is 126. The Kier molecular flexibility index (Phi) is 259. The topological polar surface area (TPSA) is 328 Å². The Hall–Kier alpha value is 6.19. The smallest absolute Gasteiger partial charge is 2.00 e. The van der Waals surface area contributed by atoms with E-state index >= 15 is 0 Å². The fourth-order valence-electron chi connectivity index (χ4n) is 0. The molecule has 0 aliphatic rings. The summed E-state index contributed by atoms with van der Waals surface area (Å²) >= 11 is 0. The summed E-state index contributed by atoms with van der Waals surface area (Å²) in [6.45, 7) is 41.9. The zero-order chi connectivity index (χ0) is 46.5. The van der Waals surface area contributed by atoms with Crippen LogP contribution in [0.2, 0.25) is 0 Å². The van der Waals surface area contributed by atoms with E-state index in [-0.39, 0.29) is 210 Å². The van der Waals surface area contributed by atoms with E-state index in [4.69, 9.17) is 0 Å². The van der Waals surface area contributed by atoms with Gasteiger partial charge in [-0.05, 0) is 0 Å². The van der Waals surface area contributed by atoms with Gasteiger partial charge in [0.2, 0.25) is 0 Å². The van der Waals surface area contributed by atoms with Gasteiger partial charge in [0.25, 0.3) is 0 Å². The van der Waals surface area contributed by atoms with E-state index < -0.39 is 79.4 Å². The van der Waals surface area contributed by atoms with Crippen LogP contribution in [0.15, 0.2) is 0 Å². The van der Waals surface area contributed by atoms with Gasteiger partial charge in [-0.25, -0.2) is 0 Å². The van der Waals surface area contributed by atoms with Crippen LogP contribution in [-0.4, -0.2) is 79.4 Å². The predicted molar refractivity (Wildman–Crippen MR) is 197 cm³/mol. The molecule has 0 aromatic rings. The van der Waals surface area contributed by atoms with Gasteiger partial charge in [-0.2, -0.15) is 0 Å². The Balaban J connectivity index is -0.0000000166. The molecule has 0 saturated carbocycles. The van der Waals surface area contributed by atoms with Crippen LogP contribution in [0.1, 0.15) is 180 Å². The minimum Gasteiger partial charge on any atom is -2.00 e. The van der Waals surface area contributed by atoms with E-state index in [9.17, 15) is 66.4 Å². The third-order valence-electron chi connectivity index (χ3n) is 0. The van der Waals surface area contributed by atoms with Crippen molar-refractivity contribution in [3.63, 3.8) is 0 Å². The monoisotopic (exact) mass is 1490 g/mol. The largest absolute Gasteiger partial charge is 3.00 e. The molecule has 0 atom stereocenters. The van der Waals surface area contributed by atoms with Gasteiger partial charge in [0.1, 0.15) is 0 Å². The van der Waals surface area contributed by atoms with Crippen LogP contribution in [0.5, 0.6) is 0 Å². The Morgan fingerprint density at radius 2 is 0.138 bits per heavy atom. The summed E-state index contributed by atoms with van der Waals surface area (Å²) in [5.74, 6) is 0. The summed E-state index contributed by atoms with van der Waals surface area (Å²) in [4.78, 5) is 0. The third-order valence-corrected chi connectivity index (χ3v) is 0. The van der Waals surface area contributed by atoms with Gasteiger partial charge in [0.05, 0.1) is 0 Å². The summed E-state index contributed by atoms with van der Waals surface area (Å²) in [6, 6.07) is 0. The minimum atomic E-state index is -0.417. The molecule has 0 aromatic carbocycles. The van der Waals surface area contributed by atoms with E-state index in [1.165, 1.54) is 0 Å². The molecule has 14 nitrogen and oxygen atoms in total. The fourth-order valence-corrected chi connectivity index (χ4v) is 0. The molecule has 58 heavy (non-hydrogen) atoms. The number of hydrogen-bond acceptors (Lipinski definition) is 13. The summed E-state index contributed by atoms with van der Waals surface area (Å²) in [6.07, 6.45) is -5.42. The molecule has 5 radical (unpaired) electrons. The second-order valence-electron chi connectivity index (χ2n) is 13.6. The van der Waals surface area contributed by atoms with Crippen LogP contribution in [0, 0.1) is 204 Å². The molecule has 0 fully saturated rings. The quantitative estimate of drug-likeness (QED) is 0.230. The van der Waals surface area contributed by atoms with E-state index in [1.807, 2.05) is 0 Å². The maximum absolute atomic E-state index is 9.53. The Morgan fingerprint density at radius 1 is 0.138 bits per heavy atom. The first-order valence-electron chi connectivity index (χ1n) is 18.1. The Morgan fingerprint density at radius 3 is 0.138 bits per heavy atom. The van der Waals surface area contributed by atoms with Crippen molar-refractivity contribution in [1.29, 1.82) is 0 Å². The van der Waals surface area contributed by atoms with Crippen LogP contribution < -0.4 is 66.4 Å². The molecule has 19 heteroatoms. The summed E-state index contributed by atoms with van der Waals surface area (Å²) < 4.78 is 0. The molecule has 351 valence electrons. The normalized spacial score (nSPS) is 8.07. The molecule has 0 heterocycles. The molecular weight excluding hydrogens is 1410 g/mol. The molecule has 0 spiro atoms. The molecular formula is C39H91Nd5O14. The summed E-state index contributed by atoms with van der Waals surface area (Å²) in [5, 5.41) is 124. The van der Waals surface area contributed by atoms with Gasteiger partial charge in [0, 0.05) is 0 Å². The molecule has 0 aliphatic heterocycles. The third kappa shape index (κ3) is 6070. The molecule has 0 rings (SSSR count). The predicted octanol–water partition coefficient (Wildman–Crippen LogP) is -3.30. The standard InChI is InChI=1S/13C3H7O.5Nd.O/c13*1-3(2)4;;;;;;/h13*3H,1-2H3;;;;;;/q13*-1;5*+3;-2. The van der Waals surface area contributed by atoms with Crippen LogP contribution in [-0.2, 0) is 5.48 Å². The maximum atomic E-state index is 9.53. The average molecular weight is 1510 g/mol. The van der Waals surface area contributed by atoms with Crippen molar-refractivity contribution in [3.05, 3.63) is 0 Å². The zero-order valence-corrected chi connectivity index (χ0v) is 57.8. The molecule has 0 N–H and O–H groups in total. The van der Waals surface area contributed by atoms with Gasteiger partial charge in [-0.3, -0.25) is 0 Å². The van der Waals surface area contributed by atoms with Crippen molar-refractivity contribution in [2.75, 3.05) is 0 Å². The fraction of sp³-hybridized carbons (Fsp3) is 1.00. The van der Waals surface area contributed by atoms with Crippen molar-refractivity contribution in [2.24, 2.45) is 0 Å². The van der Waals surface area contributed by atoms with Gasteiger partial charge in [-0.1, -0.05) is 180 Å². The Bertz CT molecular complexity index is 275. The molecule has 0 aliphatic carbocycles. The first-order valence-corrected chi connectivity index (χ1v) is 18.1. The van der Waals surface area contributed by atoms with Crippen molar-refractivity contribution in [3.8, 4) is 0 Å². The number of hydrogen-bond donors (Lipinski definition) is 0. The van der Waals surface area contributed by atoms with Crippen LogP contribution in [0.25, 0.3) is 0 Å². The second kappa shape index (κ2) is 120. The van der Waals surface area contributed by atoms with E-state index in [0.29, 0.717) is 0 Å². The van der Waals surface area contributed by atoms with Crippen molar-refractivity contribution in [1.82, 2.24) is 0 Å². The van der Waals surface area contributed by atoms with Crippen molar-refractivity contribution >= 4 is 0 Å². The van der Waals surface area contributed by atoms with Crippen molar-refractivity contribution < 1.29 is 276 Å². The molecule has 0 saturated heterocycles. The second-order valence-corrected chi connectivity index (χ2v) is 13.6. The minimum absolute atomic E-state index is 0. The first-order chi connectivity index (χ1) is 22.5.